The third-order valence-corrected chi connectivity index (χ3v) is 14.5. The van der Waals surface area contributed by atoms with Gasteiger partial charge in [-0.2, -0.15) is 0 Å². The third kappa shape index (κ3) is 55.5. The highest BCUT2D eigenvalue weighted by molar-refractivity contribution is 5.76. The lowest BCUT2D eigenvalue weighted by Crippen LogP contribution is -2.45. The van der Waals surface area contributed by atoms with E-state index in [1.54, 1.807) is 0 Å². The summed E-state index contributed by atoms with van der Waals surface area (Å²) in [7, 11) is 0. The molecule has 408 valence electrons. The van der Waals surface area contributed by atoms with Gasteiger partial charge in [-0.15, -0.1) is 0 Å². The van der Waals surface area contributed by atoms with Gasteiger partial charge in [-0.1, -0.05) is 308 Å². The second-order valence-corrected chi connectivity index (χ2v) is 21.4. The van der Waals surface area contributed by atoms with Crippen LogP contribution in [0.4, 0.5) is 0 Å². The number of aliphatic hydroxyl groups is 2. The normalized spacial score (nSPS) is 12.7. The smallest absolute Gasteiger partial charge is 0.305 e. The van der Waals surface area contributed by atoms with Crippen molar-refractivity contribution >= 4 is 11.9 Å². The van der Waals surface area contributed by atoms with Gasteiger partial charge >= 0.3 is 5.97 Å². The summed E-state index contributed by atoms with van der Waals surface area (Å²) in [6.45, 7) is 4.92. The molecule has 0 aromatic carbocycles. The Hall–Kier alpha value is -1.66. The van der Waals surface area contributed by atoms with E-state index in [9.17, 15) is 19.8 Å². The molecule has 0 radical (unpaired) electrons. The zero-order valence-electron chi connectivity index (χ0n) is 46.6. The highest BCUT2D eigenvalue weighted by Gasteiger charge is 2.20. The van der Waals surface area contributed by atoms with Gasteiger partial charge in [0.15, 0.2) is 0 Å². The number of hydrogen-bond donors (Lipinski definition) is 3. The second-order valence-electron chi connectivity index (χ2n) is 21.4. The predicted molar refractivity (Wildman–Crippen MR) is 301 cm³/mol. The van der Waals surface area contributed by atoms with Crippen LogP contribution in [0.2, 0.25) is 0 Å². The molecule has 0 spiro atoms. The van der Waals surface area contributed by atoms with Crippen LogP contribution in [0.5, 0.6) is 0 Å². The SMILES string of the molecule is CCCCCCCCCCCCCCCCCCCCCCCCC(O)C(CO)NC(=O)CC/C=C\C/C=C\CCCCCCCCOC(=O)CCCCCCCCCCCCCCCCCCC. The van der Waals surface area contributed by atoms with Crippen molar-refractivity contribution in [3.05, 3.63) is 24.3 Å². The summed E-state index contributed by atoms with van der Waals surface area (Å²) < 4.78 is 5.48. The maximum absolute atomic E-state index is 12.5. The first-order chi connectivity index (χ1) is 34.0. The number of ether oxygens (including phenoxy) is 1. The van der Waals surface area contributed by atoms with Crippen LogP contribution >= 0.6 is 0 Å². The van der Waals surface area contributed by atoms with E-state index in [-0.39, 0.29) is 18.5 Å². The van der Waals surface area contributed by atoms with E-state index in [4.69, 9.17) is 4.74 Å². The Balaban J connectivity index is 3.51. The Labute approximate surface area is 431 Å². The molecule has 6 nitrogen and oxygen atoms in total. The number of aliphatic hydroxyl groups excluding tert-OH is 2. The lowest BCUT2D eigenvalue weighted by atomic mass is 10.0. The molecule has 2 atom stereocenters. The van der Waals surface area contributed by atoms with Crippen LogP contribution in [0.25, 0.3) is 0 Å². The summed E-state index contributed by atoms with van der Waals surface area (Å²) in [6, 6.07) is -0.586. The number of esters is 1. The zero-order valence-corrected chi connectivity index (χ0v) is 46.6. The first kappa shape index (κ1) is 67.3. The quantitative estimate of drug-likeness (QED) is 0.0321. The van der Waals surface area contributed by atoms with E-state index in [0.717, 1.165) is 51.4 Å². The summed E-state index contributed by atoms with van der Waals surface area (Å²) in [6.07, 6.45) is 72.0. The fourth-order valence-corrected chi connectivity index (χ4v) is 9.75. The molecule has 0 rings (SSSR count). The minimum Gasteiger partial charge on any atom is -0.466 e. The average Bonchev–Trinajstić information content (AvgIpc) is 3.35. The maximum Gasteiger partial charge on any atom is 0.305 e. The molecule has 69 heavy (non-hydrogen) atoms. The summed E-state index contributed by atoms with van der Waals surface area (Å²) in [4.78, 5) is 24.6. The molecule has 0 aromatic rings. The highest BCUT2D eigenvalue weighted by Crippen LogP contribution is 2.18. The summed E-state index contributed by atoms with van der Waals surface area (Å²) in [5.74, 6) is -0.124. The van der Waals surface area contributed by atoms with Crippen molar-refractivity contribution in [2.24, 2.45) is 0 Å². The van der Waals surface area contributed by atoms with Crippen LogP contribution in [-0.4, -0.2) is 47.4 Å². The van der Waals surface area contributed by atoms with Crippen LogP contribution in [0.3, 0.4) is 0 Å². The van der Waals surface area contributed by atoms with Crippen LogP contribution in [0.15, 0.2) is 24.3 Å². The van der Waals surface area contributed by atoms with Gasteiger partial charge in [-0.25, -0.2) is 0 Å². The lowest BCUT2D eigenvalue weighted by Gasteiger charge is -2.22. The van der Waals surface area contributed by atoms with Gasteiger partial charge in [0.25, 0.3) is 0 Å². The molecule has 0 fully saturated rings. The lowest BCUT2D eigenvalue weighted by molar-refractivity contribution is -0.143. The number of unbranched alkanes of at least 4 members (excludes halogenated alkanes) is 43. The van der Waals surface area contributed by atoms with Crippen molar-refractivity contribution in [3.63, 3.8) is 0 Å². The van der Waals surface area contributed by atoms with Gasteiger partial charge in [0.05, 0.1) is 25.4 Å². The highest BCUT2D eigenvalue weighted by atomic mass is 16.5. The van der Waals surface area contributed by atoms with E-state index >= 15 is 0 Å². The van der Waals surface area contributed by atoms with Crippen LogP contribution in [0.1, 0.15) is 341 Å². The average molecular weight is 973 g/mol. The van der Waals surface area contributed by atoms with Crippen molar-refractivity contribution in [1.82, 2.24) is 5.32 Å². The van der Waals surface area contributed by atoms with Crippen molar-refractivity contribution in [1.29, 1.82) is 0 Å². The van der Waals surface area contributed by atoms with Crippen LogP contribution in [-0.2, 0) is 14.3 Å². The van der Waals surface area contributed by atoms with Gasteiger partial charge in [0.1, 0.15) is 0 Å². The van der Waals surface area contributed by atoms with Crippen molar-refractivity contribution in [2.75, 3.05) is 13.2 Å². The monoisotopic (exact) mass is 972 g/mol. The largest absolute Gasteiger partial charge is 0.466 e. The van der Waals surface area contributed by atoms with Crippen LogP contribution in [0, 0.1) is 0 Å². The standard InChI is InChI=1S/C63H121NO5/c1-3-5-7-9-11-13-15-17-19-21-22-23-24-25-27-28-31-35-39-43-47-51-55-61(66)60(59-65)64-62(67)56-52-48-44-40-36-32-30-34-38-42-46-50-54-58-69-63(68)57-53-49-45-41-37-33-29-26-20-18-16-14-12-10-8-6-4-2/h32,36,44,48,60-61,65-66H,3-31,33-35,37-43,45-47,49-59H2,1-2H3,(H,64,67)/b36-32-,48-44-. The van der Waals surface area contributed by atoms with Gasteiger partial charge in [0.2, 0.25) is 5.91 Å². The Bertz CT molecular complexity index is 1080. The molecule has 0 saturated heterocycles. The molecule has 0 bridgehead atoms. The Morgan fingerprint density at radius 1 is 0.406 bits per heavy atom. The minimum absolute atomic E-state index is 0.0121. The fourth-order valence-electron chi connectivity index (χ4n) is 9.75. The molecule has 0 aliphatic heterocycles. The predicted octanol–water partition coefficient (Wildman–Crippen LogP) is 19.4. The minimum atomic E-state index is -0.700. The van der Waals surface area contributed by atoms with Crippen molar-refractivity contribution in [3.8, 4) is 0 Å². The number of amides is 1. The summed E-state index contributed by atoms with van der Waals surface area (Å²) >= 11 is 0. The number of carbonyl (C=O) groups is 2. The summed E-state index contributed by atoms with van der Waals surface area (Å²) in [5.41, 5.74) is 0. The first-order valence-electron chi connectivity index (χ1n) is 31.1. The number of nitrogens with one attached hydrogen (secondary N) is 1. The summed E-state index contributed by atoms with van der Waals surface area (Å²) in [5, 5.41) is 23.3. The number of allylic oxidation sites excluding steroid dienone is 4. The fraction of sp³-hybridized carbons (Fsp3) is 0.905. The van der Waals surface area contributed by atoms with Gasteiger partial charge in [-0.05, 0) is 44.9 Å². The molecule has 0 aliphatic rings. The van der Waals surface area contributed by atoms with Gasteiger partial charge in [0, 0.05) is 12.8 Å². The molecule has 6 heteroatoms. The Kier molecular flexibility index (Phi) is 57.5. The maximum atomic E-state index is 12.5. The molecular formula is C63H121NO5. The van der Waals surface area contributed by atoms with Crippen molar-refractivity contribution < 1.29 is 24.5 Å². The molecule has 2 unspecified atom stereocenters. The van der Waals surface area contributed by atoms with Crippen LogP contribution < -0.4 is 5.32 Å². The molecule has 3 N–H and O–H groups in total. The Morgan fingerprint density at radius 2 is 0.739 bits per heavy atom. The van der Waals surface area contributed by atoms with Gasteiger partial charge in [-0.3, -0.25) is 9.59 Å². The topological polar surface area (TPSA) is 95.9 Å². The molecule has 0 saturated carbocycles. The molecule has 1 amide bonds. The van der Waals surface area contributed by atoms with Gasteiger partial charge < -0.3 is 20.3 Å². The van der Waals surface area contributed by atoms with Crippen molar-refractivity contribution in [2.45, 2.75) is 353 Å². The third-order valence-electron chi connectivity index (χ3n) is 14.5. The van der Waals surface area contributed by atoms with E-state index in [1.807, 2.05) is 6.08 Å². The molecule has 0 aromatic heterocycles. The van der Waals surface area contributed by atoms with E-state index in [2.05, 4.69) is 37.4 Å². The number of carbonyl (C=O) groups excluding carboxylic acids is 2. The second kappa shape index (κ2) is 58.9. The van der Waals surface area contributed by atoms with E-state index in [0.29, 0.717) is 32.3 Å². The van der Waals surface area contributed by atoms with E-state index in [1.165, 1.54) is 250 Å². The molecule has 0 heterocycles. The molecular weight excluding hydrogens is 851 g/mol. The number of rotatable bonds is 58. The van der Waals surface area contributed by atoms with E-state index < -0.39 is 12.1 Å². The Morgan fingerprint density at radius 3 is 1.13 bits per heavy atom. The first-order valence-corrected chi connectivity index (χ1v) is 31.1. The number of hydrogen-bond acceptors (Lipinski definition) is 5. The zero-order chi connectivity index (χ0) is 50.0. The molecule has 0 aliphatic carbocycles.